The van der Waals surface area contributed by atoms with Crippen LogP contribution in [0, 0.1) is 20.8 Å². The molecule has 0 spiro atoms. The molecule has 186 valence electrons. The summed E-state index contributed by atoms with van der Waals surface area (Å²) in [4.78, 5) is 20.1. The first-order valence-electron chi connectivity index (χ1n) is 12.8. The van der Waals surface area contributed by atoms with Crippen molar-refractivity contribution < 1.29 is 9.32 Å². The average Bonchev–Trinajstić information content (AvgIpc) is 3.55. The summed E-state index contributed by atoms with van der Waals surface area (Å²) in [7, 11) is 0. The van der Waals surface area contributed by atoms with E-state index in [0.717, 1.165) is 58.5 Å². The molecule has 0 radical (unpaired) electrons. The Hall–Kier alpha value is -4.19. The molecule has 1 aromatic heterocycles. The van der Waals surface area contributed by atoms with E-state index in [4.69, 9.17) is 9.51 Å². The van der Waals surface area contributed by atoms with Crippen LogP contribution in [-0.4, -0.2) is 16.2 Å². The van der Waals surface area contributed by atoms with E-state index in [-0.39, 0.29) is 6.03 Å². The minimum atomic E-state index is -0.414. The third-order valence-corrected chi connectivity index (χ3v) is 7.62. The van der Waals surface area contributed by atoms with Gasteiger partial charge in [-0.15, -0.1) is 0 Å². The summed E-state index contributed by atoms with van der Waals surface area (Å²) >= 11 is 0. The van der Waals surface area contributed by atoms with Crippen molar-refractivity contribution in [3.05, 3.63) is 106 Å². The number of nitrogens with one attached hydrogen (secondary N) is 1. The second-order valence-corrected chi connectivity index (χ2v) is 10.2. The van der Waals surface area contributed by atoms with Gasteiger partial charge in [0.25, 0.3) is 5.89 Å². The van der Waals surface area contributed by atoms with E-state index in [9.17, 15) is 4.79 Å². The molecule has 0 bridgehead atoms. The Morgan fingerprint density at radius 2 is 1.76 bits per heavy atom. The average molecular weight is 491 g/mol. The highest BCUT2D eigenvalue weighted by Crippen LogP contribution is 2.40. The van der Waals surface area contributed by atoms with Crippen molar-refractivity contribution in [2.24, 2.45) is 0 Å². The van der Waals surface area contributed by atoms with Crippen LogP contribution >= 0.6 is 0 Å². The number of carbonyl (C=O) groups excluding carboxylic acids is 1. The van der Waals surface area contributed by atoms with Gasteiger partial charge in [0, 0.05) is 11.3 Å². The molecule has 0 saturated carbocycles. The van der Waals surface area contributed by atoms with Crippen molar-refractivity contribution in [2.45, 2.75) is 53.0 Å². The number of allylic oxidation sites excluding steroid dienone is 1. The molecule has 2 amide bonds. The quantitative estimate of drug-likeness (QED) is 0.339. The third kappa shape index (κ3) is 4.12. The highest BCUT2D eigenvalue weighted by Gasteiger charge is 2.37. The largest absolute Gasteiger partial charge is 0.334 e. The van der Waals surface area contributed by atoms with Gasteiger partial charge in [0.05, 0.1) is 17.3 Å². The zero-order chi connectivity index (χ0) is 25.7. The molecule has 2 heterocycles. The van der Waals surface area contributed by atoms with E-state index in [1.54, 1.807) is 4.90 Å². The predicted molar refractivity (Wildman–Crippen MR) is 145 cm³/mol. The topological polar surface area (TPSA) is 71.3 Å². The van der Waals surface area contributed by atoms with E-state index in [0.29, 0.717) is 11.7 Å². The molecule has 6 nitrogen and oxygen atoms in total. The van der Waals surface area contributed by atoms with E-state index < -0.39 is 6.04 Å². The molecule has 6 rings (SSSR count). The van der Waals surface area contributed by atoms with E-state index in [1.807, 2.05) is 44.2 Å². The van der Waals surface area contributed by atoms with Gasteiger partial charge < -0.3 is 9.84 Å². The summed E-state index contributed by atoms with van der Waals surface area (Å²) in [5, 5.41) is 7.54. The number of hydrogen-bond acceptors (Lipinski definition) is 4. The first kappa shape index (κ1) is 23.2. The standard InChI is InChI=1S/C31H30N4O2/c1-18-7-5-10-25(15-18)29-33-30(37-34-29)27-21(4)35(26-14-13-22-8-6-9-23(22)17-26)31(36)32-28(27)24-12-11-19(2)20(3)16-24/h5,7,10-17,28H,6,8-9H2,1-4H3,(H,32,36). The van der Waals surface area contributed by atoms with Crippen LogP contribution in [-0.2, 0) is 12.8 Å². The van der Waals surface area contributed by atoms with Gasteiger partial charge in [-0.05, 0) is 93.0 Å². The molecular weight excluding hydrogens is 460 g/mol. The number of urea groups is 1. The second-order valence-electron chi connectivity index (χ2n) is 10.2. The predicted octanol–water partition coefficient (Wildman–Crippen LogP) is 6.85. The highest BCUT2D eigenvalue weighted by molar-refractivity contribution is 6.01. The monoisotopic (exact) mass is 490 g/mol. The normalized spacial score (nSPS) is 17.2. The first-order chi connectivity index (χ1) is 17.9. The number of benzene rings is 3. The van der Waals surface area contributed by atoms with Gasteiger partial charge in [-0.1, -0.05) is 53.2 Å². The van der Waals surface area contributed by atoms with Gasteiger partial charge in [-0.3, -0.25) is 4.90 Å². The van der Waals surface area contributed by atoms with Gasteiger partial charge in [-0.2, -0.15) is 4.98 Å². The molecule has 0 saturated heterocycles. The fraction of sp³-hybridized carbons (Fsp3) is 0.258. The summed E-state index contributed by atoms with van der Waals surface area (Å²) < 4.78 is 5.87. The van der Waals surface area contributed by atoms with Crippen molar-refractivity contribution in [1.29, 1.82) is 0 Å². The molecule has 1 atom stereocenters. The number of carbonyl (C=O) groups is 1. The van der Waals surface area contributed by atoms with Gasteiger partial charge in [0.1, 0.15) is 0 Å². The number of rotatable bonds is 4. The molecule has 1 aliphatic carbocycles. The fourth-order valence-electron chi connectivity index (χ4n) is 5.46. The zero-order valence-electron chi connectivity index (χ0n) is 21.6. The molecule has 1 aliphatic heterocycles. The lowest BCUT2D eigenvalue weighted by molar-refractivity contribution is 0.244. The van der Waals surface area contributed by atoms with Crippen molar-refractivity contribution in [3.63, 3.8) is 0 Å². The maximum atomic E-state index is 13.6. The molecule has 6 heteroatoms. The lowest BCUT2D eigenvalue weighted by Crippen LogP contribution is -2.46. The van der Waals surface area contributed by atoms with Crippen molar-refractivity contribution in [3.8, 4) is 11.4 Å². The van der Waals surface area contributed by atoms with Crippen LogP contribution in [0.5, 0.6) is 0 Å². The van der Waals surface area contributed by atoms with Crippen LogP contribution in [0.2, 0.25) is 0 Å². The number of nitrogens with zero attached hydrogens (tertiary/aromatic N) is 3. The van der Waals surface area contributed by atoms with Gasteiger partial charge in [0.15, 0.2) is 0 Å². The Bertz CT molecular complexity index is 1570. The Kier molecular flexibility index (Phi) is 5.67. The van der Waals surface area contributed by atoms with Crippen LogP contribution in [0.25, 0.3) is 17.0 Å². The van der Waals surface area contributed by atoms with Gasteiger partial charge in [0.2, 0.25) is 5.82 Å². The second kappa shape index (κ2) is 9.04. The number of aryl methyl sites for hydroxylation is 5. The Balaban J connectivity index is 1.50. The van der Waals surface area contributed by atoms with E-state index in [2.05, 4.69) is 54.7 Å². The minimum Gasteiger partial charge on any atom is -0.334 e. The van der Waals surface area contributed by atoms with Crippen LogP contribution < -0.4 is 10.2 Å². The van der Waals surface area contributed by atoms with Gasteiger partial charge in [-0.25, -0.2) is 4.79 Å². The van der Waals surface area contributed by atoms with E-state index in [1.165, 1.54) is 16.7 Å². The summed E-state index contributed by atoms with van der Waals surface area (Å²) in [6.45, 7) is 8.17. The van der Waals surface area contributed by atoms with Crippen LogP contribution in [0.4, 0.5) is 10.5 Å². The van der Waals surface area contributed by atoms with Crippen LogP contribution in [0.3, 0.4) is 0 Å². The van der Waals surface area contributed by atoms with Crippen LogP contribution in [0.1, 0.15) is 58.7 Å². The summed E-state index contributed by atoms with van der Waals surface area (Å²) in [5.41, 5.74) is 10.5. The number of amides is 2. The van der Waals surface area contributed by atoms with E-state index >= 15 is 0 Å². The lowest BCUT2D eigenvalue weighted by atomic mass is 9.92. The summed E-state index contributed by atoms with van der Waals surface area (Å²) in [6, 6.07) is 20.1. The maximum absolute atomic E-state index is 13.6. The van der Waals surface area contributed by atoms with Crippen molar-refractivity contribution >= 4 is 17.3 Å². The van der Waals surface area contributed by atoms with Crippen LogP contribution in [0.15, 0.2) is 70.9 Å². The SMILES string of the molecule is CC1=C(c2nc(-c3cccc(C)c3)no2)C(c2ccc(C)c(C)c2)NC(=O)N1c1ccc2c(c1)CCC2. The third-order valence-electron chi connectivity index (χ3n) is 7.62. The molecule has 1 unspecified atom stereocenters. The Morgan fingerprint density at radius 3 is 2.57 bits per heavy atom. The lowest BCUT2D eigenvalue weighted by Gasteiger charge is -2.35. The fourth-order valence-corrected chi connectivity index (χ4v) is 5.46. The molecule has 0 fully saturated rings. The Morgan fingerprint density at radius 1 is 0.919 bits per heavy atom. The molecule has 4 aromatic rings. The number of aromatic nitrogens is 2. The van der Waals surface area contributed by atoms with Crippen molar-refractivity contribution in [1.82, 2.24) is 15.5 Å². The molecular formula is C31H30N4O2. The smallest absolute Gasteiger partial charge is 0.326 e. The first-order valence-corrected chi connectivity index (χ1v) is 12.8. The summed E-state index contributed by atoms with van der Waals surface area (Å²) in [6.07, 6.45) is 3.30. The molecule has 2 aliphatic rings. The summed E-state index contributed by atoms with van der Waals surface area (Å²) in [5.74, 6) is 0.933. The number of hydrogen-bond donors (Lipinski definition) is 1. The minimum absolute atomic E-state index is 0.166. The molecule has 37 heavy (non-hydrogen) atoms. The van der Waals surface area contributed by atoms with Gasteiger partial charge >= 0.3 is 6.03 Å². The van der Waals surface area contributed by atoms with Crippen molar-refractivity contribution in [2.75, 3.05) is 4.90 Å². The Labute approximate surface area is 217 Å². The maximum Gasteiger partial charge on any atom is 0.326 e. The molecule has 3 aromatic carbocycles. The highest BCUT2D eigenvalue weighted by atomic mass is 16.5. The zero-order valence-corrected chi connectivity index (χ0v) is 21.6. The molecule has 1 N–H and O–H groups in total. The number of fused-ring (bicyclic) bond motifs is 1. The number of anilines is 1.